The maximum atomic E-state index is 5.83. The summed E-state index contributed by atoms with van der Waals surface area (Å²) < 4.78 is 11.5. The molecular formula is C14H24O2. The highest BCUT2D eigenvalue weighted by molar-refractivity contribution is 4.94. The molecule has 2 nitrogen and oxygen atoms in total. The zero-order valence-corrected chi connectivity index (χ0v) is 10.5. The van der Waals surface area contributed by atoms with E-state index in [1.165, 1.54) is 32.1 Å². The van der Waals surface area contributed by atoms with Crippen molar-refractivity contribution in [2.24, 2.45) is 23.7 Å². The smallest absolute Gasteiger partial charge is 0.147 e. The molecule has 0 amide bonds. The number of fused-ring (bicyclic) bond motifs is 3. The van der Waals surface area contributed by atoms with Crippen LogP contribution in [0.25, 0.3) is 0 Å². The van der Waals surface area contributed by atoms with Gasteiger partial charge in [-0.3, -0.25) is 0 Å². The summed E-state index contributed by atoms with van der Waals surface area (Å²) in [6, 6.07) is 0. The van der Waals surface area contributed by atoms with E-state index in [0.29, 0.717) is 19.0 Å². The maximum absolute atomic E-state index is 5.83. The third-order valence-electron chi connectivity index (χ3n) is 5.18. The van der Waals surface area contributed by atoms with Gasteiger partial charge in [0, 0.05) is 0 Å². The molecule has 16 heavy (non-hydrogen) atoms. The van der Waals surface area contributed by atoms with E-state index in [9.17, 15) is 0 Å². The molecule has 1 saturated heterocycles. The van der Waals surface area contributed by atoms with Gasteiger partial charge in [-0.2, -0.15) is 0 Å². The predicted molar refractivity (Wildman–Crippen MR) is 63.0 cm³/mol. The van der Waals surface area contributed by atoms with E-state index in [2.05, 4.69) is 13.8 Å². The first-order valence-electron chi connectivity index (χ1n) is 6.99. The molecular weight excluding hydrogens is 200 g/mol. The second-order valence-corrected chi connectivity index (χ2v) is 6.27. The number of hydrogen-bond donors (Lipinski definition) is 0. The van der Waals surface area contributed by atoms with E-state index >= 15 is 0 Å². The molecule has 5 unspecified atom stereocenters. The minimum atomic E-state index is 0.423. The van der Waals surface area contributed by atoms with Crippen LogP contribution in [0.1, 0.15) is 46.0 Å². The second-order valence-electron chi connectivity index (χ2n) is 6.27. The number of ether oxygens (including phenoxy) is 2. The van der Waals surface area contributed by atoms with Crippen molar-refractivity contribution in [2.75, 3.05) is 6.79 Å². The Kier molecular flexibility index (Phi) is 2.97. The van der Waals surface area contributed by atoms with Gasteiger partial charge in [0.05, 0.1) is 12.2 Å². The Labute approximate surface area is 98.7 Å². The van der Waals surface area contributed by atoms with Crippen molar-refractivity contribution in [2.45, 2.75) is 58.2 Å². The first kappa shape index (κ1) is 11.0. The third kappa shape index (κ3) is 1.80. The highest BCUT2D eigenvalue weighted by atomic mass is 16.7. The van der Waals surface area contributed by atoms with Crippen LogP contribution in [0, 0.1) is 23.7 Å². The van der Waals surface area contributed by atoms with Gasteiger partial charge in [-0.25, -0.2) is 0 Å². The van der Waals surface area contributed by atoms with Crippen LogP contribution < -0.4 is 0 Å². The molecule has 3 fully saturated rings. The first-order chi connectivity index (χ1) is 7.75. The van der Waals surface area contributed by atoms with E-state index in [1.54, 1.807) is 0 Å². The Morgan fingerprint density at radius 2 is 1.81 bits per heavy atom. The van der Waals surface area contributed by atoms with Crippen LogP contribution in [0.5, 0.6) is 0 Å². The third-order valence-corrected chi connectivity index (χ3v) is 5.18. The van der Waals surface area contributed by atoms with Crippen molar-refractivity contribution in [1.29, 1.82) is 0 Å². The predicted octanol–water partition coefficient (Wildman–Crippen LogP) is 3.21. The summed E-state index contributed by atoms with van der Waals surface area (Å²) in [6.07, 6.45) is 7.72. The first-order valence-corrected chi connectivity index (χ1v) is 6.99. The fraction of sp³-hybridized carbons (Fsp3) is 1.00. The molecule has 5 atom stereocenters. The topological polar surface area (TPSA) is 18.5 Å². The Morgan fingerprint density at radius 3 is 2.62 bits per heavy atom. The molecule has 0 bridgehead atoms. The fourth-order valence-corrected chi connectivity index (χ4v) is 4.10. The molecule has 0 N–H and O–H groups in total. The van der Waals surface area contributed by atoms with Gasteiger partial charge < -0.3 is 9.47 Å². The largest absolute Gasteiger partial charge is 0.349 e. The van der Waals surface area contributed by atoms with Crippen molar-refractivity contribution in [3.8, 4) is 0 Å². The van der Waals surface area contributed by atoms with E-state index in [-0.39, 0.29) is 0 Å². The van der Waals surface area contributed by atoms with Crippen LogP contribution in [-0.4, -0.2) is 19.0 Å². The van der Waals surface area contributed by atoms with Gasteiger partial charge in [0.2, 0.25) is 0 Å². The molecule has 3 aliphatic rings. The van der Waals surface area contributed by atoms with Gasteiger partial charge in [0.25, 0.3) is 0 Å². The molecule has 0 aromatic carbocycles. The van der Waals surface area contributed by atoms with Crippen LogP contribution in [0.4, 0.5) is 0 Å². The standard InChI is InChI=1S/C14H24O2/c1-9(2)11-4-3-10-5-6-13-14(12(10)7-11)16-8-15-13/h9-14H,3-8H2,1-2H3. The normalized spacial score (nSPS) is 47.8. The molecule has 2 saturated carbocycles. The Hall–Kier alpha value is -0.0800. The van der Waals surface area contributed by atoms with Gasteiger partial charge in [-0.05, 0) is 55.8 Å². The lowest BCUT2D eigenvalue weighted by molar-refractivity contribution is -0.0275. The number of hydrogen-bond acceptors (Lipinski definition) is 2. The summed E-state index contributed by atoms with van der Waals surface area (Å²) in [7, 11) is 0. The van der Waals surface area contributed by atoms with Crippen LogP contribution in [0.2, 0.25) is 0 Å². The molecule has 0 aromatic rings. The molecule has 3 rings (SSSR count). The van der Waals surface area contributed by atoms with Gasteiger partial charge >= 0.3 is 0 Å². The van der Waals surface area contributed by atoms with E-state index in [4.69, 9.17) is 9.47 Å². The maximum Gasteiger partial charge on any atom is 0.147 e. The van der Waals surface area contributed by atoms with Crippen LogP contribution >= 0.6 is 0 Å². The summed E-state index contributed by atoms with van der Waals surface area (Å²) in [5, 5.41) is 0. The summed E-state index contributed by atoms with van der Waals surface area (Å²) >= 11 is 0. The van der Waals surface area contributed by atoms with Crippen molar-refractivity contribution in [3.63, 3.8) is 0 Å². The number of rotatable bonds is 1. The summed E-state index contributed by atoms with van der Waals surface area (Å²) in [5.74, 6) is 3.48. The molecule has 1 aliphatic heterocycles. The Balaban J connectivity index is 1.72. The Morgan fingerprint density at radius 1 is 1.00 bits per heavy atom. The monoisotopic (exact) mass is 224 g/mol. The van der Waals surface area contributed by atoms with Gasteiger partial charge in [0.1, 0.15) is 6.79 Å². The summed E-state index contributed by atoms with van der Waals surface area (Å²) in [6.45, 7) is 5.29. The molecule has 92 valence electrons. The lowest BCUT2D eigenvalue weighted by Gasteiger charge is -2.44. The van der Waals surface area contributed by atoms with E-state index in [1.807, 2.05) is 0 Å². The van der Waals surface area contributed by atoms with Gasteiger partial charge in [-0.15, -0.1) is 0 Å². The summed E-state index contributed by atoms with van der Waals surface area (Å²) in [5.41, 5.74) is 0. The summed E-state index contributed by atoms with van der Waals surface area (Å²) in [4.78, 5) is 0. The van der Waals surface area contributed by atoms with Gasteiger partial charge in [-0.1, -0.05) is 13.8 Å². The van der Waals surface area contributed by atoms with Crippen molar-refractivity contribution in [3.05, 3.63) is 0 Å². The van der Waals surface area contributed by atoms with Crippen LogP contribution in [0.3, 0.4) is 0 Å². The van der Waals surface area contributed by atoms with Crippen LogP contribution in [-0.2, 0) is 9.47 Å². The lowest BCUT2D eigenvalue weighted by Crippen LogP contribution is -2.44. The molecule has 2 heteroatoms. The minimum Gasteiger partial charge on any atom is -0.349 e. The molecule has 0 spiro atoms. The van der Waals surface area contributed by atoms with E-state index in [0.717, 1.165) is 23.7 Å². The van der Waals surface area contributed by atoms with Crippen molar-refractivity contribution >= 4 is 0 Å². The molecule has 2 aliphatic carbocycles. The highest BCUT2D eigenvalue weighted by Gasteiger charge is 2.46. The average molecular weight is 224 g/mol. The average Bonchev–Trinajstić information content (AvgIpc) is 2.76. The molecule has 1 heterocycles. The molecule has 0 radical (unpaired) electrons. The molecule has 0 aromatic heterocycles. The highest BCUT2D eigenvalue weighted by Crippen LogP contribution is 2.47. The minimum absolute atomic E-state index is 0.423. The van der Waals surface area contributed by atoms with Crippen LogP contribution in [0.15, 0.2) is 0 Å². The zero-order chi connectivity index (χ0) is 11.1. The SMILES string of the molecule is CC(C)C1CCC2CCC3OCOC3C2C1. The Bertz CT molecular complexity index is 251. The van der Waals surface area contributed by atoms with E-state index < -0.39 is 0 Å². The van der Waals surface area contributed by atoms with Gasteiger partial charge in [0.15, 0.2) is 0 Å². The van der Waals surface area contributed by atoms with Crippen molar-refractivity contribution in [1.82, 2.24) is 0 Å². The zero-order valence-electron chi connectivity index (χ0n) is 10.5. The quantitative estimate of drug-likeness (QED) is 0.681. The lowest BCUT2D eigenvalue weighted by atomic mass is 9.63. The fourth-order valence-electron chi connectivity index (χ4n) is 4.10. The second kappa shape index (κ2) is 4.30. The van der Waals surface area contributed by atoms with Crippen molar-refractivity contribution < 1.29 is 9.47 Å².